The number of unbranched alkanes of at least 4 members (excludes halogenated alkanes) is 26. The van der Waals surface area contributed by atoms with Gasteiger partial charge >= 0.3 is 35.8 Å². The molecule has 0 bridgehead atoms. The Hall–Kier alpha value is -2.76. The summed E-state index contributed by atoms with van der Waals surface area (Å²) in [6.45, 7) is 11.2. The van der Waals surface area contributed by atoms with Gasteiger partial charge in [-0.25, -0.2) is 0 Å². The van der Waals surface area contributed by atoms with Gasteiger partial charge in [-0.15, -0.1) is 0 Å². The number of likely N-dealkylation sites (N-methyl/N-ethyl adjacent to an activating group) is 2. The fourth-order valence-electron chi connectivity index (χ4n) is 9.53. The second-order valence-corrected chi connectivity index (χ2v) is 25.7. The van der Waals surface area contributed by atoms with Crippen molar-refractivity contribution in [2.45, 2.75) is 322 Å². The minimum atomic E-state index is -0.669. The summed E-state index contributed by atoms with van der Waals surface area (Å²) >= 11 is 0. The van der Waals surface area contributed by atoms with Crippen LogP contribution in [0, 0.1) is 0 Å². The molecule has 4 unspecified atom stereocenters. The van der Waals surface area contributed by atoms with Gasteiger partial charge in [0.2, 0.25) is 0 Å². The number of hydrogen-bond donors (Lipinski definition) is 2. The number of esters is 6. The van der Waals surface area contributed by atoms with Crippen molar-refractivity contribution in [1.82, 2.24) is 0 Å². The van der Waals surface area contributed by atoms with E-state index in [2.05, 4.69) is 20.8 Å². The van der Waals surface area contributed by atoms with Crippen LogP contribution in [0.2, 0.25) is 0 Å². The second-order valence-electron chi connectivity index (χ2n) is 25.7. The van der Waals surface area contributed by atoms with Crippen molar-refractivity contribution in [3.8, 4) is 0 Å². The van der Waals surface area contributed by atoms with Gasteiger partial charge in [-0.2, -0.15) is 0 Å². The molecule has 4 atom stereocenters. The van der Waals surface area contributed by atoms with E-state index in [4.69, 9.17) is 28.4 Å². The van der Waals surface area contributed by atoms with Gasteiger partial charge in [0.1, 0.15) is 38.5 Å². The summed E-state index contributed by atoms with van der Waals surface area (Å²) in [5.41, 5.74) is 0. The molecule has 0 aliphatic rings. The van der Waals surface area contributed by atoms with Gasteiger partial charge in [-0.05, 0) is 70.6 Å². The maximum absolute atomic E-state index is 12.5. The lowest BCUT2D eigenvalue weighted by molar-refractivity contribution is -0.870. The Kier molecular flexibility index (Phi) is 65.1. The zero-order valence-corrected chi connectivity index (χ0v) is 58.2. The van der Waals surface area contributed by atoms with E-state index in [1.54, 1.807) is 0 Å². The Balaban J connectivity index is -0.000000818. The Labute approximate surface area is 538 Å². The first kappa shape index (κ1) is 89.7. The third kappa shape index (κ3) is 67.2. The lowest BCUT2D eigenvalue weighted by Crippen LogP contribution is -3.00. The number of aliphatic hydroxyl groups is 2. The van der Waals surface area contributed by atoms with Gasteiger partial charge in [0.25, 0.3) is 0 Å². The molecule has 0 aromatic heterocycles. The van der Waals surface area contributed by atoms with Crippen molar-refractivity contribution in [3.63, 3.8) is 0 Å². The van der Waals surface area contributed by atoms with E-state index in [0.29, 0.717) is 71.4 Å². The molecule has 86 heavy (non-hydrogen) atoms. The highest BCUT2D eigenvalue weighted by Gasteiger charge is 2.25. The summed E-state index contributed by atoms with van der Waals surface area (Å²) < 4.78 is 33.6. The van der Waals surface area contributed by atoms with Crippen LogP contribution < -0.4 is 24.8 Å². The summed E-state index contributed by atoms with van der Waals surface area (Å²) in [6, 6.07) is 0. The lowest BCUT2D eigenvalue weighted by atomic mass is 9.99. The SMILES string of the molecule is CCCCCC(OC(=O)CCCC(=O)OCC[N+](C)(C)C)C(O)CCCCCCCCCCC(=O)OCCCCCCCCCCOC(C)=O.CCCCCCCCCCCC(O)C(CCCCC)OC(=O)CCCC(=O)OCC[N+](C)(C)C.[Cl-].[Cl-]. The summed E-state index contributed by atoms with van der Waals surface area (Å²) in [5, 5.41) is 21.5. The predicted octanol–water partition coefficient (Wildman–Crippen LogP) is 8.58. The van der Waals surface area contributed by atoms with E-state index >= 15 is 0 Å². The highest BCUT2D eigenvalue weighted by molar-refractivity contribution is 5.73. The highest BCUT2D eigenvalue weighted by atomic mass is 35.5. The Morgan fingerprint density at radius 3 is 0.907 bits per heavy atom. The van der Waals surface area contributed by atoms with Crippen molar-refractivity contribution in [3.05, 3.63) is 0 Å². The second kappa shape index (κ2) is 62.4. The van der Waals surface area contributed by atoms with E-state index < -0.39 is 24.4 Å². The van der Waals surface area contributed by atoms with Crippen LogP contribution in [-0.2, 0) is 57.2 Å². The number of carbonyl (C=O) groups is 6. The fourth-order valence-corrected chi connectivity index (χ4v) is 9.53. The van der Waals surface area contributed by atoms with Crippen LogP contribution in [-0.4, -0.2) is 161 Å². The molecule has 0 aromatic rings. The molecule has 18 heteroatoms. The largest absolute Gasteiger partial charge is 1.00 e. The van der Waals surface area contributed by atoms with Crippen molar-refractivity contribution < 1.29 is 101 Å². The lowest BCUT2D eigenvalue weighted by Gasteiger charge is -2.23. The predicted molar refractivity (Wildman–Crippen MR) is 338 cm³/mol. The van der Waals surface area contributed by atoms with Crippen LogP contribution >= 0.6 is 0 Å². The van der Waals surface area contributed by atoms with Crippen molar-refractivity contribution in [2.75, 3.05) is 81.8 Å². The molecule has 2 N–H and O–H groups in total. The topological polar surface area (TPSA) is 198 Å². The first-order valence-electron chi connectivity index (χ1n) is 34.1. The molecule has 0 heterocycles. The van der Waals surface area contributed by atoms with Gasteiger partial charge in [0.15, 0.2) is 0 Å². The number of quaternary nitrogens is 2. The fraction of sp³-hybridized carbons (Fsp3) is 0.912. The number of halogens is 2. The molecule has 16 nitrogen and oxygen atoms in total. The summed E-state index contributed by atoms with van der Waals surface area (Å²) in [6.07, 6.45) is 36.9. The summed E-state index contributed by atoms with van der Waals surface area (Å²) in [4.78, 5) is 71.4. The van der Waals surface area contributed by atoms with Crippen molar-refractivity contribution in [2.24, 2.45) is 0 Å². The van der Waals surface area contributed by atoms with Crippen LogP contribution in [0.5, 0.6) is 0 Å². The number of ether oxygens (including phenoxy) is 6. The maximum atomic E-state index is 12.5. The van der Waals surface area contributed by atoms with Crippen LogP contribution in [0.4, 0.5) is 0 Å². The van der Waals surface area contributed by atoms with Crippen LogP contribution in [0.1, 0.15) is 297 Å². The van der Waals surface area contributed by atoms with E-state index in [0.717, 1.165) is 157 Å². The molecule has 0 saturated heterocycles. The number of rotatable bonds is 58. The van der Waals surface area contributed by atoms with Gasteiger partial charge in [0.05, 0.1) is 67.7 Å². The number of hydrogen-bond acceptors (Lipinski definition) is 14. The molecule has 0 aromatic carbocycles. The Bertz CT molecular complexity index is 1600. The maximum Gasteiger partial charge on any atom is 0.306 e. The summed E-state index contributed by atoms with van der Waals surface area (Å²) in [5.74, 6) is -1.54. The molecule has 0 spiro atoms. The molecule has 0 amide bonds. The van der Waals surface area contributed by atoms with Crippen LogP contribution in [0.15, 0.2) is 0 Å². The zero-order valence-electron chi connectivity index (χ0n) is 56.7. The minimum Gasteiger partial charge on any atom is -1.00 e. The smallest absolute Gasteiger partial charge is 0.306 e. The number of aliphatic hydroxyl groups excluding tert-OH is 2. The van der Waals surface area contributed by atoms with Gasteiger partial charge in [-0.1, -0.05) is 188 Å². The molecular weight excluding hydrogens is 1140 g/mol. The van der Waals surface area contributed by atoms with Crippen molar-refractivity contribution in [1.29, 1.82) is 0 Å². The third-order valence-corrected chi connectivity index (χ3v) is 15.0. The molecule has 0 aliphatic carbocycles. The van der Waals surface area contributed by atoms with Crippen molar-refractivity contribution >= 4 is 35.8 Å². The number of carbonyl (C=O) groups excluding carboxylic acids is 6. The Morgan fingerprint density at radius 1 is 0.314 bits per heavy atom. The first-order chi connectivity index (χ1) is 40.1. The molecule has 0 radical (unpaired) electrons. The minimum absolute atomic E-state index is 0. The standard InChI is InChI=1S/C40H76NO9.C28H56NO5.2ClH/c1-6-7-20-27-37(50-40(46)30-25-29-39(45)49-34-31-41(3,4)5)36(43)26-21-16-12-8-9-13-17-22-28-38(44)48-33-24-19-15-11-10-14-18-23-32-47-35(2)42;1-6-8-10-11-12-13-14-15-17-19-25(30)26(20-16-9-7-2)34-28(32)22-18-21-27(31)33-24-23-29(3,4)5;;/h36-37,43H,6-34H2,1-5H3;25-26,30H,6-24H2,1-5H3;2*1H/q2*+1;;/p-2. The van der Waals surface area contributed by atoms with Gasteiger partial charge < -0.3 is 72.4 Å². The molecule has 0 fully saturated rings. The average molecular weight is 1270 g/mol. The molecule has 0 rings (SSSR count). The van der Waals surface area contributed by atoms with Crippen LogP contribution in [0.3, 0.4) is 0 Å². The Morgan fingerprint density at radius 2 is 0.570 bits per heavy atom. The normalized spacial score (nSPS) is 12.7. The van der Waals surface area contributed by atoms with E-state index in [1.807, 2.05) is 42.3 Å². The summed E-state index contributed by atoms with van der Waals surface area (Å²) in [7, 11) is 12.3. The van der Waals surface area contributed by atoms with Crippen LogP contribution in [0.25, 0.3) is 0 Å². The molecule has 0 aliphatic heterocycles. The van der Waals surface area contributed by atoms with Gasteiger partial charge in [0, 0.05) is 39.0 Å². The number of nitrogens with zero attached hydrogens (tertiary/aromatic N) is 2. The molecule has 0 saturated carbocycles. The monoisotopic (exact) mass is 1270 g/mol. The van der Waals surface area contributed by atoms with E-state index in [1.165, 1.54) is 71.1 Å². The molecular formula is C68H132Cl2N2O14. The van der Waals surface area contributed by atoms with E-state index in [9.17, 15) is 39.0 Å². The average Bonchev–Trinajstić information content (AvgIpc) is 3.52. The zero-order chi connectivity index (χ0) is 63.0. The highest BCUT2D eigenvalue weighted by Crippen LogP contribution is 2.21. The molecule has 512 valence electrons. The third-order valence-electron chi connectivity index (χ3n) is 15.0. The van der Waals surface area contributed by atoms with Gasteiger partial charge in [-0.3, -0.25) is 28.8 Å². The van der Waals surface area contributed by atoms with E-state index in [-0.39, 0.29) is 86.3 Å². The first-order valence-corrected chi connectivity index (χ1v) is 34.1. The quantitative estimate of drug-likeness (QED) is 0.0254.